The predicted octanol–water partition coefficient (Wildman–Crippen LogP) is 4.67. The van der Waals surface area contributed by atoms with Crippen LogP contribution >= 0.6 is 15.9 Å². The number of hydrogen-bond donors (Lipinski definition) is 0. The second-order valence-electron chi connectivity index (χ2n) is 5.04. The van der Waals surface area contributed by atoms with E-state index in [1.165, 1.54) is 5.56 Å². The Labute approximate surface area is 126 Å². The third-order valence-electron chi connectivity index (χ3n) is 3.67. The van der Waals surface area contributed by atoms with Crippen LogP contribution in [-0.4, -0.2) is 14.4 Å². The molecule has 20 heavy (non-hydrogen) atoms. The van der Waals surface area contributed by atoms with Crippen molar-refractivity contribution in [3.63, 3.8) is 0 Å². The zero-order chi connectivity index (χ0) is 14.1. The SMILES string of the molecule is CCC(C)c1ccc(-c2cn3cc(Br)cnc3n2)cc1. The minimum atomic E-state index is 0.600. The molecule has 2 aromatic heterocycles. The molecule has 2 heterocycles. The van der Waals surface area contributed by atoms with Crippen molar-refractivity contribution in [1.29, 1.82) is 0 Å². The summed E-state index contributed by atoms with van der Waals surface area (Å²) in [4.78, 5) is 8.84. The molecule has 3 nitrogen and oxygen atoms in total. The third kappa shape index (κ3) is 2.48. The minimum absolute atomic E-state index is 0.600. The average Bonchev–Trinajstić information content (AvgIpc) is 2.89. The lowest BCUT2D eigenvalue weighted by Gasteiger charge is -2.08. The number of benzene rings is 1. The summed E-state index contributed by atoms with van der Waals surface area (Å²) >= 11 is 3.42. The second-order valence-corrected chi connectivity index (χ2v) is 5.95. The lowest BCUT2D eigenvalue weighted by molar-refractivity contribution is 0.734. The molecule has 0 saturated heterocycles. The molecule has 3 aromatic rings. The molecule has 0 radical (unpaired) electrons. The van der Waals surface area contributed by atoms with Gasteiger partial charge in [-0.1, -0.05) is 38.1 Å². The van der Waals surface area contributed by atoms with Gasteiger partial charge in [-0.3, -0.25) is 4.40 Å². The molecular formula is C16H16BrN3. The third-order valence-corrected chi connectivity index (χ3v) is 4.08. The van der Waals surface area contributed by atoms with E-state index >= 15 is 0 Å². The van der Waals surface area contributed by atoms with Crippen molar-refractivity contribution in [2.45, 2.75) is 26.2 Å². The number of hydrogen-bond acceptors (Lipinski definition) is 2. The topological polar surface area (TPSA) is 30.2 Å². The second kappa shape index (κ2) is 5.37. The standard InChI is InChI=1S/C16H16BrN3/c1-3-11(2)12-4-6-13(7-5-12)15-10-20-9-14(17)8-18-16(20)19-15/h4-11H,3H2,1-2H3. The number of fused-ring (bicyclic) bond motifs is 1. The Morgan fingerprint density at radius 1 is 1.20 bits per heavy atom. The zero-order valence-electron chi connectivity index (χ0n) is 11.5. The van der Waals surface area contributed by atoms with E-state index in [-0.39, 0.29) is 0 Å². The van der Waals surface area contributed by atoms with Crippen LogP contribution in [0.5, 0.6) is 0 Å². The van der Waals surface area contributed by atoms with Gasteiger partial charge in [-0.25, -0.2) is 9.97 Å². The summed E-state index contributed by atoms with van der Waals surface area (Å²) in [6, 6.07) is 8.66. The van der Waals surface area contributed by atoms with Crippen molar-refractivity contribution in [3.8, 4) is 11.3 Å². The Morgan fingerprint density at radius 2 is 1.95 bits per heavy atom. The van der Waals surface area contributed by atoms with Gasteiger partial charge >= 0.3 is 0 Å². The van der Waals surface area contributed by atoms with E-state index in [0.717, 1.165) is 22.2 Å². The fourth-order valence-electron chi connectivity index (χ4n) is 2.22. The van der Waals surface area contributed by atoms with Crippen LogP contribution in [0.2, 0.25) is 0 Å². The van der Waals surface area contributed by atoms with E-state index in [1.54, 1.807) is 6.20 Å². The molecule has 0 aliphatic heterocycles. The van der Waals surface area contributed by atoms with Crippen molar-refractivity contribution in [2.24, 2.45) is 0 Å². The molecule has 0 saturated carbocycles. The summed E-state index contributed by atoms with van der Waals surface area (Å²) in [5, 5.41) is 0. The Morgan fingerprint density at radius 3 is 2.65 bits per heavy atom. The number of nitrogens with zero attached hydrogens (tertiary/aromatic N) is 3. The van der Waals surface area contributed by atoms with Crippen molar-refractivity contribution < 1.29 is 0 Å². The van der Waals surface area contributed by atoms with Gasteiger partial charge in [0.15, 0.2) is 0 Å². The Balaban J connectivity index is 1.98. The highest BCUT2D eigenvalue weighted by Gasteiger charge is 2.07. The van der Waals surface area contributed by atoms with E-state index < -0.39 is 0 Å². The summed E-state index contributed by atoms with van der Waals surface area (Å²) in [5.74, 6) is 1.32. The van der Waals surface area contributed by atoms with Crippen LogP contribution in [0.1, 0.15) is 31.7 Å². The lowest BCUT2D eigenvalue weighted by Crippen LogP contribution is -1.90. The fraction of sp³-hybridized carbons (Fsp3) is 0.250. The van der Waals surface area contributed by atoms with Crippen LogP contribution in [0, 0.1) is 0 Å². The number of aromatic nitrogens is 3. The maximum Gasteiger partial charge on any atom is 0.234 e. The van der Waals surface area contributed by atoms with Gasteiger partial charge in [0.1, 0.15) is 0 Å². The molecule has 0 aliphatic rings. The molecule has 0 aliphatic carbocycles. The van der Waals surface area contributed by atoms with Gasteiger partial charge in [0.25, 0.3) is 0 Å². The lowest BCUT2D eigenvalue weighted by atomic mass is 9.97. The molecule has 0 N–H and O–H groups in total. The Bertz CT molecular complexity index is 731. The van der Waals surface area contributed by atoms with Gasteiger partial charge in [0.2, 0.25) is 5.78 Å². The molecule has 1 atom stereocenters. The zero-order valence-corrected chi connectivity index (χ0v) is 13.1. The highest BCUT2D eigenvalue weighted by atomic mass is 79.9. The first-order valence-corrected chi connectivity index (χ1v) is 7.57. The summed E-state index contributed by atoms with van der Waals surface area (Å²) < 4.78 is 2.88. The first-order chi connectivity index (χ1) is 9.67. The van der Waals surface area contributed by atoms with Crippen molar-refractivity contribution in [2.75, 3.05) is 0 Å². The molecule has 1 aromatic carbocycles. The van der Waals surface area contributed by atoms with Crippen molar-refractivity contribution >= 4 is 21.7 Å². The van der Waals surface area contributed by atoms with Crippen LogP contribution in [0.3, 0.4) is 0 Å². The van der Waals surface area contributed by atoms with E-state index in [2.05, 4.69) is 64.0 Å². The van der Waals surface area contributed by atoms with Crippen LogP contribution in [0.25, 0.3) is 17.0 Å². The van der Waals surface area contributed by atoms with E-state index in [4.69, 9.17) is 0 Å². The average molecular weight is 330 g/mol. The van der Waals surface area contributed by atoms with E-state index in [9.17, 15) is 0 Å². The molecule has 3 rings (SSSR count). The van der Waals surface area contributed by atoms with Crippen LogP contribution < -0.4 is 0 Å². The van der Waals surface area contributed by atoms with Gasteiger partial charge in [-0.15, -0.1) is 0 Å². The van der Waals surface area contributed by atoms with Crippen molar-refractivity contribution in [1.82, 2.24) is 14.4 Å². The van der Waals surface area contributed by atoms with Gasteiger partial charge < -0.3 is 0 Å². The smallest absolute Gasteiger partial charge is 0.234 e. The summed E-state index contributed by atoms with van der Waals surface area (Å²) in [5.41, 5.74) is 3.45. The van der Waals surface area contributed by atoms with Crippen molar-refractivity contribution in [3.05, 3.63) is 52.9 Å². The summed E-state index contributed by atoms with van der Waals surface area (Å²) in [6.07, 6.45) is 6.89. The Hall–Kier alpha value is -1.68. The normalized spacial score (nSPS) is 12.8. The molecule has 102 valence electrons. The number of halogens is 1. The summed E-state index contributed by atoms with van der Waals surface area (Å²) in [7, 11) is 0. The quantitative estimate of drug-likeness (QED) is 0.698. The van der Waals surface area contributed by atoms with Crippen LogP contribution in [-0.2, 0) is 0 Å². The molecule has 1 unspecified atom stereocenters. The number of imidazole rings is 1. The molecule has 0 bridgehead atoms. The van der Waals surface area contributed by atoms with E-state index in [0.29, 0.717) is 11.7 Å². The molecule has 0 spiro atoms. The highest BCUT2D eigenvalue weighted by Crippen LogP contribution is 2.24. The van der Waals surface area contributed by atoms with Gasteiger partial charge in [-0.2, -0.15) is 0 Å². The molecular weight excluding hydrogens is 314 g/mol. The molecule has 0 fully saturated rings. The first-order valence-electron chi connectivity index (χ1n) is 6.78. The molecule has 4 heteroatoms. The predicted molar refractivity (Wildman–Crippen MR) is 84.8 cm³/mol. The maximum absolute atomic E-state index is 4.55. The van der Waals surface area contributed by atoms with E-state index in [1.807, 2.05) is 16.8 Å². The van der Waals surface area contributed by atoms with Gasteiger partial charge in [-0.05, 0) is 33.8 Å². The van der Waals surface area contributed by atoms with Crippen LogP contribution in [0.15, 0.2) is 47.3 Å². The monoisotopic (exact) mass is 329 g/mol. The highest BCUT2D eigenvalue weighted by molar-refractivity contribution is 9.10. The largest absolute Gasteiger partial charge is 0.289 e. The Kier molecular flexibility index (Phi) is 3.57. The van der Waals surface area contributed by atoms with Crippen LogP contribution in [0.4, 0.5) is 0 Å². The van der Waals surface area contributed by atoms with Gasteiger partial charge in [0.05, 0.1) is 10.2 Å². The first kappa shape index (κ1) is 13.3. The number of rotatable bonds is 3. The summed E-state index contributed by atoms with van der Waals surface area (Å²) in [6.45, 7) is 4.46. The van der Waals surface area contributed by atoms with Gasteiger partial charge in [0, 0.05) is 24.2 Å². The fourth-order valence-corrected chi connectivity index (χ4v) is 2.54. The maximum atomic E-state index is 4.55. The minimum Gasteiger partial charge on any atom is -0.289 e. The molecule has 0 amide bonds.